The number of nitrogens with zero attached hydrogens (tertiary/aromatic N) is 1. The molecule has 1 aliphatic rings. The Morgan fingerprint density at radius 1 is 1.26 bits per heavy atom. The van der Waals surface area contributed by atoms with Gasteiger partial charge in [0.25, 0.3) is 0 Å². The molecule has 3 nitrogen and oxygen atoms in total. The minimum Gasteiger partial charge on any atom is -0.497 e. The van der Waals surface area contributed by atoms with Gasteiger partial charge in [0, 0.05) is 11.6 Å². The van der Waals surface area contributed by atoms with Crippen molar-refractivity contribution in [2.24, 2.45) is 0 Å². The molecule has 1 saturated heterocycles. The lowest BCUT2D eigenvalue weighted by molar-refractivity contribution is -0.131. The van der Waals surface area contributed by atoms with Gasteiger partial charge < -0.3 is 9.64 Å². The van der Waals surface area contributed by atoms with Crippen LogP contribution in [0.15, 0.2) is 48.5 Å². The van der Waals surface area contributed by atoms with Crippen LogP contribution >= 0.6 is 11.6 Å². The minimum absolute atomic E-state index is 0.0850. The van der Waals surface area contributed by atoms with Gasteiger partial charge in [0.15, 0.2) is 0 Å². The Balaban J connectivity index is 1.77. The maximum absolute atomic E-state index is 12.8. The molecule has 0 spiro atoms. The fraction of sp³-hybridized carbons (Fsp3) is 0.316. The van der Waals surface area contributed by atoms with E-state index in [2.05, 4.69) is 0 Å². The Bertz CT molecular complexity index is 701. The number of hydrogen-bond acceptors (Lipinski definition) is 2. The van der Waals surface area contributed by atoms with Crippen LogP contribution in [0.25, 0.3) is 0 Å². The molecule has 0 N–H and O–H groups in total. The molecule has 1 fully saturated rings. The number of hydrogen-bond donors (Lipinski definition) is 0. The Morgan fingerprint density at radius 2 is 2.09 bits per heavy atom. The Kier molecular flexibility index (Phi) is 4.87. The second kappa shape index (κ2) is 7.05. The molecule has 1 atom stereocenters. The van der Waals surface area contributed by atoms with E-state index in [1.165, 1.54) is 0 Å². The summed E-state index contributed by atoms with van der Waals surface area (Å²) < 4.78 is 5.23. The van der Waals surface area contributed by atoms with E-state index in [9.17, 15) is 4.79 Å². The molecular formula is C19H20ClNO2. The maximum Gasteiger partial charge on any atom is 0.227 e. The van der Waals surface area contributed by atoms with Gasteiger partial charge in [0.05, 0.1) is 19.6 Å². The molecule has 0 radical (unpaired) electrons. The first-order valence-electron chi connectivity index (χ1n) is 7.86. The van der Waals surface area contributed by atoms with Crippen molar-refractivity contribution >= 4 is 17.5 Å². The topological polar surface area (TPSA) is 29.5 Å². The van der Waals surface area contributed by atoms with Crippen LogP contribution < -0.4 is 4.74 Å². The van der Waals surface area contributed by atoms with E-state index in [0.717, 1.165) is 41.3 Å². The summed E-state index contributed by atoms with van der Waals surface area (Å²) in [4.78, 5) is 14.7. The molecule has 1 heterocycles. The lowest BCUT2D eigenvalue weighted by atomic mass is 10.0. The van der Waals surface area contributed by atoms with Gasteiger partial charge in [-0.2, -0.15) is 0 Å². The first kappa shape index (κ1) is 15.9. The minimum atomic E-state index is 0.0850. The highest BCUT2D eigenvalue weighted by molar-refractivity contribution is 6.31. The molecule has 0 saturated carbocycles. The molecule has 4 heteroatoms. The fourth-order valence-electron chi connectivity index (χ4n) is 3.19. The van der Waals surface area contributed by atoms with E-state index in [1.807, 2.05) is 53.4 Å². The van der Waals surface area contributed by atoms with Crippen molar-refractivity contribution < 1.29 is 9.53 Å². The van der Waals surface area contributed by atoms with Crippen molar-refractivity contribution in [2.45, 2.75) is 25.3 Å². The van der Waals surface area contributed by atoms with Crippen LogP contribution in [-0.4, -0.2) is 24.5 Å². The van der Waals surface area contributed by atoms with E-state index in [4.69, 9.17) is 16.3 Å². The summed E-state index contributed by atoms with van der Waals surface area (Å²) >= 11 is 6.32. The Labute approximate surface area is 141 Å². The van der Waals surface area contributed by atoms with Gasteiger partial charge >= 0.3 is 0 Å². The number of amides is 1. The van der Waals surface area contributed by atoms with E-state index in [-0.39, 0.29) is 11.9 Å². The van der Waals surface area contributed by atoms with Crippen molar-refractivity contribution in [3.63, 3.8) is 0 Å². The molecule has 0 aliphatic carbocycles. The summed E-state index contributed by atoms with van der Waals surface area (Å²) in [5.41, 5.74) is 2.02. The first-order chi connectivity index (χ1) is 11.2. The van der Waals surface area contributed by atoms with Gasteiger partial charge in [-0.05, 0) is 42.2 Å². The van der Waals surface area contributed by atoms with E-state index in [0.29, 0.717) is 6.42 Å². The third kappa shape index (κ3) is 3.50. The van der Waals surface area contributed by atoms with Gasteiger partial charge in [0.2, 0.25) is 5.91 Å². The molecule has 1 aliphatic heterocycles. The predicted molar refractivity (Wildman–Crippen MR) is 91.8 cm³/mol. The molecule has 2 aromatic carbocycles. The largest absolute Gasteiger partial charge is 0.497 e. The van der Waals surface area contributed by atoms with E-state index < -0.39 is 0 Å². The molecule has 0 unspecified atom stereocenters. The number of carbonyl (C=O) groups is 1. The van der Waals surface area contributed by atoms with Crippen molar-refractivity contribution in [1.29, 1.82) is 0 Å². The zero-order valence-electron chi connectivity index (χ0n) is 13.2. The van der Waals surface area contributed by atoms with Crippen LogP contribution in [0.4, 0.5) is 0 Å². The number of ether oxygens (including phenoxy) is 1. The fourth-order valence-corrected chi connectivity index (χ4v) is 3.45. The third-order valence-corrected chi connectivity index (χ3v) is 4.67. The molecule has 2 aromatic rings. The monoisotopic (exact) mass is 329 g/mol. The summed E-state index contributed by atoms with van der Waals surface area (Å²) in [5.74, 6) is 0.917. The van der Waals surface area contributed by atoms with E-state index in [1.54, 1.807) is 7.11 Å². The number of rotatable bonds is 4. The smallest absolute Gasteiger partial charge is 0.227 e. The predicted octanol–water partition coefficient (Wildman–Crippen LogP) is 4.25. The molecule has 0 aromatic heterocycles. The number of likely N-dealkylation sites (tertiary alicyclic amines) is 1. The third-order valence-electron chi connectivity index (χ3n) is 4.33. The second-order valence-corrected chi connectivity index (χ2v) is 6.20. The number of methoxy groups -OCH3 is 1. The van der Waals surface area contributed by atoms with Gasteiger partial charge in [-0.3, -0.25) is 4.79 Å². The molecule has 3 rings (SSSR count). The average molecular weight is 330 g/mol. The highest BCUT2D eigenvalue weighted by Gasteiger charge is 2.30. The molecule has 23 heavy (non-hydrogen) atoms. The van der Waals surface area contributed by atoms with Crippen molar-refractivity contribution in [1.82, 2.24) is 4.90 Å². The summed E-state index contributed by atoms with van der Waals surface area (Å²) in [5, 5.41) is 0.735. The summed E-state index contributed by atoms with van der Waals surface area (Å²) in [6.45, 7) is 0.790. The average Bonchev–Trinajstić information content (AvgIpc) is 3.05. The van der Waals surface area contributed by atoms with Crippen LogP contribution in [0.5, 0.6) is 5.75 Å². The molecular weight excluding hydrogens is 310 g/mol. The van der Waals surface area contributed by atoms with Gasteiger partial charge in [-0.25, -0.2) is 0 Å². The molecule has 120 valence electrons. The number of halogens is 1. The van der Waals surface area contributed by atoms with Gasteiger partial charge in [-0.15, -0.1) is 0 Å². The molecule has 0 bridgehead atoms. The maximum atomic E-state index is 12.8. The quantitative estimate of drug-likeness (QED) is 0.839. The molecule has 1 amide bonds. The van der Waals surface area contributed by atoms with Crippen LogP contribution in [-0.2, 0) is 11.2 Å². The lowest BCUT2D eigenvalue weighted by Crippen LogP contribution is -2.32. The first-order valence-corrected chi connectivity index (χ1v) is 8.23. The van der Waals surface area contributed by atoms with Crippen LogP contribution in [0.2, 0.25) is 5.02 Å². The highest BCUT2D eigenvalue weighted by atomic mass is 35.5. The number of benzene rings is 2. The van der Waals surface area contributed by atoms with Crippen LogP contribution in [0, 0.1) is 0 Å². The number of carbonyl (C=O) groups excluding carboxylic acids is 1. The Morgan fingerprint density at radius 3 is 2.87 bits per heavy atom. The summed E-state index contributed by atoms with van der Waals surface area (Å²) in [7, 11) is 1.63. The van der Waals surface area contributed by atoms with Crippen molar-refractivity contribution in [3.8, 4) is 5.75 Å². The zero-order valence-corrected chi connectivity index (χ0v) is 13.9. The lowest BCUT2D eigenvalue weighted by Gasteiger charge is -2.26. The summed E-state index contributed by atoms with van der Waals surface area (Å²) in [6.07, 6.45) is 2.37. The standard InChI is InChI=1S/C19H20ClNO2/c1-23-15-7-4-6-14(12-15)13-19(22)21-11-5-10-18(21)16-8-2-3-9-17(16)20/h2-4,6-9,12,18H,5,10-11,13H2,1H3/t18-/m1/s1. The zero-order chi connectivity index (χ0) is 16.2. The van der Waals surface area contributed by atoms with Crippen LogP contribution in [0.1, 0.15) is 30.0 Å². The normalized spacial score (nSPS) is 17.3. The second-order valence-electron chi connectivity index (χ2n) is 5.79. The summed E-state index contributed by atoms with van der Waals surface area (Å²) in [6, 6.07) is 15.6. The van der Waals surface area contributed by atoms with E-state index >= 15 is 0 Å². The van der Waals surface area contributed by atoms with Gasteiger partial charge in [0.1, 0.15) is 5.75 Å². The van der Waals surface area contributed by atoms with Gasteiger partial charge in [-0.1, -0.05) is 41.9 Å². The van der Waals surface area contributed by atoms with Crippen molar-refractivity contribution in [3.05, 3.63) is 64.7 Å². The SMILES string of the molecule is COc1cccc(CC(=O)N2CCC[C@@H]2c2ccccc2Cl)c1. The van der Waals surface area contributed by atoms with Crippen molar-refractivity contribution in [2.75, 3.05) is 13.7 Å². The Hall–Kier alpha value is -2.00. The van der Waals surface area contributed by atoms with Crippen LogP contribution in [0.3, 0.4) is 0 Å². The highest BCUT2D eigenvalue weighted by Crippen LogP contribution is 2.36.